The van der Waals surface area contributed by atoms with Gasteiger partial charge in [0.05, 0.1) is 16.6 Å². The Morgan fingerprint density at radius 1 is 1.20 bits per heavy atom. The molecule has 0 aliphatic carbocycles. The molecule has 4 heteroatoms. The van der Waals surface area contributed by atoms with Crippen molar-refractivity contribution in [2.75, 3.05) is 5.73 Å². The molecule has 0 bridgehead atoms. The summed E-state index contributed by atoms with van der Waals surface area (Å²) in [5.74, 6) is -0.263. The molecular formula is C16H17ClN2O. The molecule has 1 unspecified atom stereocenters. The summed E-state index contributed by atoms with van der Waals surface area (Å²) in [5.41, 5.74) is 8.74. The minimum atomic E-state index is -0.263. The molecule has 1 atom stereocenters. The molecule has 104 valence electrons. The van der Waals surface area contributed by atoms with Gasteiger partial charge >= 0.3 is 0 Å². The Morgan fingerprint density at radius 3 is 2.45 bits per heavy atom. The van der Waals surface area contributed by atoms with Gasteiger partial charge in [-0.3, -0.25) is 4.79 Å². The van der Waals surface area contributed by atoms with Crippen molar-refractivity contribution in [3.05, 3.63) is 64.2 Å². The zero-order valence-corrected chi connectivity index (χ0v) is 12.2. The molecule has 0 heterocycles. The first kappa shape index (κ1) is 14.4. The summed E-state index contributed by atoms with van der Waals surface area (Å²) in [6.45, 7) is 3.95. The van der Waals surface area contributed by atoms with E-state index in [1.165, 1.54) is 5.56 Å². The van der Waals surface area contributed by atoms with Crippen molar-refractivity contribution in [1.82, 2.24) is 5.32 Å². The topological polar surface area (TPSA) is 55.1 Å². The molecular weight excluding hydrogens is 272 g/mol. The second kappa shape index (κ2) is 5.97. The zero-order chi connectivity index (χ0) is 14.7. The number of nitrogen functional groups attached to an aromatic ring is 1. The van der Waals surface area contributed by atoms with Crippen LogP contribution in [0.15, 0.2) is 42.5 Å². The molecule has 0 aliphatic rings. The van der Waals surface area contributed by atoms with Crippen LogP contribution in [0.4, 0.5) is 5.69 Å². The Labute approximate surface area is 123 Å². The van der Waals surface area contributed by atoms with Crippen LogP contribution in [0.5, 0.6) is 0 Å². The van der Waals surface area contributed by atoms with E-state index in [1.54, 1.807) is 18.2 Å². The maximum absolute atomic E-state index is 12.3. The van der Waals surface area contributed by atoms with Crippen molar-refractivity contribution in [3.8, 4) is 0 Å². The number of benzene rings is 2. The molecule has 0 aromatic heterocycles. The van der Waals surface area contributed by atoms with E-state index in [1.807, 2.05) is 38.1 Å². The van der Waals surface area contributed by atoms with E-state index in [-0.39, 0.29) is 11.9 Å². The van der Waals surface area contributed by atoms with Gasteiger partial charge in [-0.05, 0) is 31.5 Å². The van der Waals surface area contributed by atoms with Crippen molar-refractivity contribution >= 4 is 23.2 Å². The van der Waals surface area contributed by atoms with Gasteiger partial charge < -0.3 is 11.1 Å². The Hall–Kier alpha value is -2.00. The van der Waals surface area contributed by atoms with E-state index < -0.39 is 0 Å². The molecule has 0 saturated carbocycles. The average molecular weight is 289 g/mol. The normalized spacial score (nSPS) is 11.9. The van der Waals surface area contributed by atoms with E-state index in [9.17, 15) is 4.79 Å². The first-order valence-electron chi connectivity index (χ1n) is 6.40. The number of hydrogen-bond acceptors (Lipinski definition) is 2. The van der Waals surface area contributed by atoms with Gasteiger partial charge in [-0.25, -0.2) is 0 Å². The monoisotopic (exact) mass is 288 g/mol. The number of anilines is 1. The van der Waals surface area contributed by atoms with Crippen LogP contribution in [0.3, 0.4) is 0 Å². The fourth-order valence-corrected chi connectivity index (χ4v) is 2.26. The Morgan fingerprint density at radius 2 is 1.85 bits per heavy atom. The molecule has 0 radical (unpaired) electrons. The van der Waals surface area contributed by atoms with Gasteiger partial charge in [-0.1, -0.05) is 47.5 Å². The third-order valence-corrected chi connectivity index (χ3v) is 3.51. The first-order chi connectivity index (χ1) is 9.49. The van der Waals surface area contributed by atoms with Crippen molar-refractivity contribution in [2.24, 2.45) is 0 Å². The maximum Gasteiger partial charge on any atom is 0.255 e. The predicted octanol–water partition coefficient (Wildman–Crippen LogP) is 3.72. The Balaban J connectivity index is 2.17. The smallest absolute Gasteiger partial charge is 0.255 e. The van der Waals surface area contributed by atoms with Crippen LogP contribution in [0.1, 0.15) is 34.5 Å². The molecule has 2 aromatic rings. The third-order valence-electron chi connectivity index (χ3n) is 3.20. The Kier molecular flexibility index (Phi) is 4.30. The third kappa shape index (κ3) is 3.11. The van der Waals surface area contributed by atoms with E-state index in [0.717, 1.165) is 5.56 Å². The zero-order valence-electron chi connectivity index (χ0n) is 11.5. The minimum Gasteiger partial charge on any atom is -0.398 e. The van der Waals surface area contributed by atoms with Crippen molar-refractivity contribution < 1.29 is 4.79 Å². The summed E-state index contributed by atoms with van der Waals surface area (Å²) in [6.07, 6.45) is 0. The summed E-state index contributed by atoms with van der Waals surface area (Å²) in [5, 5.41) is 3.27. The van der Waals surface area contributed by atoms with E-state index in [2.05, 4.69) is 5.32 Å². The molecule has 0 spiro atoms. The average Bonchev–Trinajstić information content (AvgIpc) is 2.39. The van der Waals surface area contributed by atoms with Crippen LogP contribution in [-0.2, 0) is 0 Å². The highest BCUT2D eigenvalue weighted by atomic mass is 35.5. The van der Waals surface area contributed by atoms with Crippen LogP contribution < -0.4 is 11.1 Å². The number of amides is 1. The molecule has 20 heavy (non-hydrogen) atoms. The summed E-state index contributed by atoms with van der Waals surface area (Å²) in [6, 6.07) is 13.0. The highest BCUT2D eigenvalue weighted by Gasteiger charge is 2.16. The minimum absolute atomic E-state index is 0.112. The molecule has 0 saturated heterocycles. The second-order valence-corrected chi connectivity index (χ2v) is 5.22. The number of rotatable bonds is 3. The van der Waals surface area contributed by atoms with Crippen molar-refractivity contribution in [2.45, 2.75) is 19.9 Å². The summed E-state index contributed by atoms with van der Waals surface area (Å²) in [7, 11) is 0. The Bertz CT molecular complexity index is 603. The van der Waals surface area contributed by atoms with Crippen LogP contribution in [-0.4, -0.2) is 5.91 Å². The van der Waals surface area contributed by atoms with Gasteiger partial charge in [0.2, 0.25) is 0 Å². The van der Waals surface area contributed by atoms with Gasteiger partial charge in [0.25, 0.3) is 5.91 Å². The summed E-state index contributed by atoms with van der Waals surface area (Å²) in [4.78, 5) is 12.3. The van der Waals surface area contributed by atoms with Gasteiger partial charge in [0, 0.05) is 5.69 Å². The first-order valence-corrected chi connectivity index (χ1v) is 6.78. The fourth-order valence-electron chi connectivity index (χ4n) is 1.99. The number of nitrogens with one attached hydrogen (secondary N) is 1. The fraction of sp³-hybridized carbons (Fsp3) is 0.188. The SMILES string of the molecule is Cc1ccc(C(C)NC(=O)c2c(N)cccc2Cl)cc1. The molecule has 3 nitrogen and oxygen atoms in total. The van der Waals surface area contributed by atoms with Gasteiger partial charge in [0.1, 0.15) is 0 Å². The lowest BCUT2D eigenvalue weighted by molar-refractivity contribution is 0.0941. The summed E-state index contributed by atoms with van der Waals surface area (Å²) < 4.78 is 0. The van der Waals surface area contributed by atoms with Gasteiger partial charge in [-0.2, -0.15) is 0 Å². The number of hydrogen-bond donors (Lipinski definition) is 2. The second-order valence-electron chi connectivity index (χ2n) is 4.81. The molecule has 3 N–H and O–H groups in total. The summed E-state index contributed by atoms with van der Waals surface area (Å²) >= 11 is 6.03. The predicted molar refractivity (Wildman–Crippen MR) is 82.9 cm³/mol. The lowest BCUT2D eigenvalue weighted by Gasteiger charge is -2.16. The van der Waals surface area contributed by atoms with Crippen LogP contribution in [0.25, 0.3) is 0 Å². The van der Waals surface area contributed by atoms with E-state index in [0.29, 0.717) is 16.3 Å². The molecule has 1 amide bonds. The highest BCUT2D eigenvalue weighted by molar-refractivity contribution is 6.34. The lowest BCUT2D eigenvalue weighted by Crippen LogP contribution is -2.27. The number of carbonyl (C=O) groups excluding carboxylic acids is 1. The quantitative estimate of drug-likeness (QED) is 0.846. The molecule has 0 fully saturated rings. The number of aryl methyl sites for hydroxylation is 1. The molecule has 0 aliphatic heterocycles. The van der Waals surface area contributed by atoms with Crippen molar-refractivity contribution in [3.63, 3.8) is 0 Å². The van der Waals surface area contributed by atoms with Crippen LogP contribution >= 0.6 is 11.6 Å². The maximum atomic E-state index is 12.3. The van der Waals surface area contributed by atoms with Crippen LogP contribution in [0.2, 0.25) is 5.02 Å². The molecule has 2 aromatic carbocycles. The van der Waals surface area contributed by atoms with Crippen molar-refractivity contribution in [1.29, 1.82) is 0 Å². The lowest BCUT2D eigenvalue weighted by atomic mass is 10.1. The highest BCUT2D eigenvalue weighted by Crippen LogP contribution is 2.23. The number of carbonyl (C=O) groups is 1. The van der Waals surface area contributed by atoms with Crippen LogP contribution in [0, 0.1) is 6.92 Å². The molecule has 2 rings (SSSR count). The van der Waals surface area contributed by atoms with E-state index >= 15 is 0 Å². The van der Waals surface area contributed by atoms with Gasteiger partial charge in [-0.15, -0.1) is 0 Å². The number of nitrogens with two attached hydrogens (primary N) is 1. The largest absolute Gasteiger partial charge is 0.398 e. The van der Waals surface area contributed by atoms with Gasteiger partial charge in [0.15, 0.2) is 0 Å². The standard InChI is InChI=1S/C16H17ClN2O/c1-10-6-8-12(9-7-10)11(2)19-16(20)15-13(17)4-3-5-14(15)18/h3-9,11H,18H2,1-2H3,(H,19,20). The number of halogens is 1. The van der Waals surface area contributed by atoms with E-state index in [4.69, 9.17) is 17.3 Å².